The fourth-order valence-corrected chi connectivity index (χ4v) is 4.87. The van der Waals surface area contributed by atoms with Crippen LogP contribution in [-0.2, 0) is 20.9 Å². The van der Waals surface area contributed by atoms with Crippen LogP contribution in [0.5, 0.6) is 11.5 Å². The van der Waals surface area contributed by atoms with E-state index in [9.17, 15) is 9.59 Å². The highest BCUT2D eigenvalue weighted by Crippen LogP contribution is 2.47. The quantitative estimate of drug-likeness (QED) is 0.607. The maximum absolute atomic E-state index is 13.4. The minimum atomic E-state index is -0.553. The van der Waals surface area contributed by atoms with Gasteiger partial charge in [0.1, 0.15) is 6.61 Å². The molecule has 2 aromatic carbocycles. The van der Waals surface area contributed by atoms with Crippen molar-refractivity contribution in [2.45, 2.75) is 46.1 Å². The average molecular weight is 462 g/mol. The topological polar surface area (TPSA) is 73.9 Å². The first-order valence-corrected chi connectivity index (χ1v) is 11.4. The predicted octanol–water partition coefficient (Wildman–Crippen LogP) is 5.05. The van der Waals surface area contributed by atoms with Crippen LogP contribution in [0.2, 0.25) is 0 Å². The lowest BCUT2D eigenvalue weighted by atomic mass is 9.68. The molecule has 0 spiro atoms. The van der Waals surface area contributed by atoms with E-state index >= 15 is 0 Å². The van der Waals surface area contributed by atoms with E-state index in [1.54, 1.807) is 20.3 Å². The van der Waals surface area contributed by atoms with Crippen molar-refractivity contribution in [1.29, 1.82) is 0 Å². The first-order chi connectivity index (χ1) is 16.2. The van der Waals surface area contributed by atoms with Gasteiger partial charge in [0.15, 0.2) is 17.3 Å². The molecule has 6 nitrogen and oxygen atoms in total. The summed E-state index contributed by atoms with van der Waals surface area (Å²) in [5.74, 6) is 0.165. The van der Waals surface area contributed by atoms with E-state index in [4.69, 9.17) is 14.2 Å². The van der Waals surface area contributed by atoms with Crippen LogP contribution in [0.25, 0.3) is 0 Å². The van der Waals surface area contributed by atoms with E-state index in [1.165, 1.54) is 0 Å². The minimum absolute atomic E-state index is 0.0411. The molecule has 6 heteroatoms. The van der Waals surface area contributed by atoms with E-state index < -0.39 is 11.9 Å². The summed E-state index contributed by atoms with van der Waals surface area (Å²) in [4.78, 5) is 26.9. The van der Waals surface area contributed by atoms with Gasteiger partial charge in [0, 0.05) is 29.3 Å². The Hall–Kier alpha value is -3.54. The van der Waals surface area contributed by atoms with E-state index in [-0.39, 0.29) is 17.8 Å². The molecule has 34 heavy (non-hydrogen) atoms. The van der Waals surface area contributed by atoms with Crippen molar-refractivity contribution < 1.29 is 23.8 Å². The minimum Gasteiger partial charge on any atom is -0.493 e. The SMILES string of the molecule is COc1ccc(C2C(C(=O)OCc3ccccc3)=C(C)NC3=C2C(=O)CC(C)(C)C3)cc1OC. The summed E-state index contributed by atoms with van der Waals surface area (Å²) in [6.45, 7) is 6.19. The van der Waals surface area contributed by atoms with Crippen molar-refractivity contribution in [3.63, 3.8) is 0 Å². The summed E-state index contributed by atoms with van der Waals surface area (Å²) in [5, 5.41) is 3.37. The van der Waals surface area contributed by atoms with Gasteiger partial charge >= 0.3 is 5.97 Å². The number of hydrogen-bond acceptors (Lipinski definition) is 6. The lowest BCUT2D eigenvalue weighted by molar-refractivity contribution is -0.140. The van der Waals surface area contributed by atoms with Gasteiger partial charge in [-0.25, -0.2) is 4.79 Å². The molecule has 1 heterocycles. The number of benzene rings is 2. The summed E-state index contributed by atoms with van der Waals surface area (Å²) >= 11 is 0. The number of rotatable bonds is 6. The largest absolute Gasteiger partial charge is 0.493 e. The van der Waals surface area contributed by atoms with Gasteiger partial charge in [0.05, 0.1) is 19.8 Å². The number of Topliss-reactive ketones (excluding diaryl/α,β-unsaturated/α-hetero) is 1. The standard InChI is InChI=1S/C28H31NO5/c1-17-24(27(31)34-16-18-9-7-6-8-10-18)25(19-11-12-22(32-4)23(13-19)33-5)26-20(29-17)14-28(2,3)15-21(26)30/h6-13,25,29H,14-16H2,1-5H3. The number of ether oxygens (including phenoxy) is 3. The Kier molecular flexibility index (Phi) is 6.51. The molecule has 0 saturated carbocycles. The number of methoxy groups -OCH3 is 2. The normalized spacial score (nSPS) is 19.3. The van der Waals surface area contributed by atoms with Gasteiger partial charge in [-0.2, -0.15) is 0 Å². The van der Waals surface area contributed by atoms with Crippen LogP contribution in [0.1, 0.15) is 50.7 Å². The van der Waals surface area contributed by atoms with E-state index in [2.05, 4.69) is 19.2 Å². The zero-order valence-electron chi connectivity index (χ0n) is 20.4. The van der Waals surface area contributed by atoms with Gasteiger partial charge in [0.25, 0.3) is 0 Å². The highest BCUT2D eigenvalue weighted by Gasteiger charge is 2.43. The van der Waals surface area contributed by atoms with Crippen LogP contribution in [0.15, 0.2) is 71.1 Å². The summed E-state index contributed by atoms with van der Waals surface area (Å²) in [6, 6.07) is 15.1. The number of esters is 1. The molecule has 178 valence electrons. The number of dihydropyridines is 1. The van der Waals surface area contributed by atoms with E-state index in [0.717, 1.165) is 23.2 Å². The smallest absolute Gasteiger partial charge is 0.337 e. The van der Waals surface area contributed by atoms with Crippen LogP contribution in [0.3, 0.4) is 0 Å². The molecule has 1 aliphatic heterocycles. The highest BCUT2D eigenvalue weighted by atomic mass is 16.5. The Bertz CT molecular complexity index is 1180. The Morgan fingerprint density at radius 1 is 1.03 bits per heavy atom. The predicted molar refractivity (Wildman–Crippen MR) is 129 cm³/mol. The maximum Gasteiger partial charge on any atom is 0.337 e. The number of carbonyl (C=O) groups excluding carboxylic acids is 2. The van der Waals surface area contributed by atoms with Gasteiger partial charge in [-0.15, -0.1) is 0 Å². The molecule has 1 N–H and O–H groups in total. The third-order valence-electron chi connectivity index (χ3n) is 6.41. The Morgan fingerprint density at radius 3 is 2.41 bits per heavy atom. The molecular weight excluding hydrogens is 430 g/mol. The first-order valence-electron chi connectivity index (χ1n) is 11.4. The number of hydrogen-bond donors (Lipinski definition) is 1. The van der Waals surface area contributed by atoms with Crippen LogP contribution >= 0.6 is 0 Å². The number of carbonyl (C=O) groups is 2. The Morgan fingerprint density at radius 2 is 1.74 bits per heavy atom. The third kappa shape index (κ3) is 4.58. The van der Waals surface area contributed by atoms with Crippen molar-refractivity contribution in [3.8, 4) is 11.5 Å². The van der Waals surface area contributed by atoms with E-state index in [1.807, 2.05) is 49.4 Å². The van der Waals surface area contributed by atoms with Gasteiger partial charge < -0.3 is 19.5 Å². The summed E-state index contributed by atoms with van der Waals surface area (Å²) in [6.07, 6.45) is 1.14. The van der Waals surface area contributed by atoms with Crippen molar-refractivity contribution >= 4 is 11.8 Å². The first kappa shape index (κ1) is 23.6. The second kappa shape index (κ2) is 9.37. The van der Waals surface area contributed by atoms with Crippen LogP contribution < -0.4 is 14.8 Å². The Balaban J connectivity index is 1.78. The second-order valence-corrected chi connectivity index (χ2v) is 9.61. The van der Waals surface area contributed by atoms with Gasteiger partial charge in [-0.1, -0.05) is 50.2 Å². The zero-order valence-corrected chi connectivity index (χ0v) is 20.4. The van der Waals surface area contributed by atoms with Crippen LogP contribution in [-0.4, -0.2) is 26.0 Å². The third-order valence-corrected chi connectivity index (χ3v) is 6.41. The molecule has 0 bridgehead atoms. The fraction of sp³-hybridized carbons (Fsp3) is 0.357. The molecule has 1 atom stereocenters. The molecule has 2 aliphatic rings. The highest BCUT2D eigenvalue weighted by molar-refractivity contribution is 6.04. The Labute approximate surface area is 200 Å². The monoisotopic (exact) mass is 461 g/mol. The maximum atomic E-state index is 13.4. The van der Waals surface area contributed by atoms with E-state index in [0.29, 0.717) is 34.8 Å². The molecule has 0 radical (unpaired) electrons. The van der Waals surface area contributed by atoms with Crippen LogP contribution in [0, 0.1) is 5.41 Å². The number of nitrogens with one attached hydrogen (secondary N) is 1. The molecular formula is C28H31NO5. The zero-order chi connectivity index (χ0) is 24.5. The molecule has 2 aromatic rings. The van der Waals surface area contributed by atoms with Crippen molar-refractivity contribution in [2.75, 3.05) is 14.2 Å². The van der Waals surface area contributed by atoms with Crippen molar-refractivity contribution in [2.24, 2.45) is 5.41 Å². The van der Waals surface area contributed by atoms with Crippen molar-refractivity contribution in [1.82, 2.24) is 5.32 Å². The number of ketones is 1. The second-order valence-electron chi connectivity index (χ2n) is 9.61. The molecule has 1 aliphatic carbocycles. The lowest BCUT2D eigenvalue weighted by Gasteiger charge is -2.39. The molecule has 0 aromatic heterocycles. The summed E-state index contributed by atoms with van der Waals surface area (Å²) < 4.78 is 16.6. The average Bonchev–Trinajstić information content (AvgIpc) is 2.81. The molecule has 4 rings (SSSR count). The summed E-state index contributed by atoms with van der Waals surface area (Å²) in [5.41, 5.74) is 4.16. The molecule has 0 fully saturated rings. The molecule has 0 amide bonds. The number of allylic oxidation sites excluding steroid dienone is 3. The molecule has 1 unspecified atom stereocenters. The summed E-state index contributed by atoms with van der Waals surface area (Å²) in [7, 11) is 3.14. The van der Waals surface area contributed by atoms with Crippen molar-refractivity contribution in [3.05, 3.63) is 82.2 Å². The van der Waals surface area contributed by atoms with Gasteiger partial charge in [-0.05, 0) is 42.0 Å². The van der Waals surface area contributed by atoms with Gasteiger partial charge in [0.2, 0.25) is 0 Å². The fourth-order valence-electron chi connectivity index (χ4n) is 4.87. The van der Waals surface area contributed by atoms with Crippen LogP contribution in [0.4, 0.5) is 0 Å². The van der Waals surface area contributed by atoms with Gasteiger partial charge in [-0.3, -0.25) is 4.79 Å². The lowest BCUT2D eigenvalue weighted by Crippen LogP contribution is -2.38. The molecule has 0 saturated heterocycles.